The van der Waals surface area contributed by atoms with Crippen molar-refractivity contribution >= 4 is 11.8 Å². The molecule has 0 aromatic rings. The summed E-state index contributed by atoms with van der Waals surface area (Å²) in [5.41, 5.74) is 5.53. The van der Waals surface area contributed by atoms with Crippen LogP contribution in [0.1, 0.15) is 13.3 Å². The Kier molecular flexibility index (Phi) is 6.24. The van der Waals surface area contributed by atoms with Crippen molar-refractivity contribution in [3.63, 3.8) is 0 Å². The van der Waals surface area contributed by atoms with Crippen molar-refractivity contribution in [3.05, 3.63) is 0 Å². The fraction of sp³-hybridized carbons (Fsp3) is 0.846. The van der Waals surface area contributed by atoms with Crippen LogP contribution < -0.4 is 5.73 Å². The van der Waals surface area contributed by atoms with Gasteiger partial charge < -0.3 is 20.4 Å². The summed E-state index contributed by atoms with van der Waals surface area (Å²) in [5.74, 6) is 0.506. The number of carbonyl (C=O) groups excluding carboxylic acids is 2. The quantitative estimate of drug-likeness (QED) is 0.710. The fourth-order valence-electron chi connectivity index (χ4n) is 2.09. The van der Waals surface area contributed by atoms with Gasteiger partial charge >= 0.3 is 0 Å². The molecule has 0 saturated carbocycles. The lowest BCUT2D eigenvalue weighted by Gasteiger charge is -2.35. The smallest absolute Gasteiger partial charge is 0.236 e. The van der Waals surface area contributed by atoms with Crippen LogP contribution in [-0.2, 0) is 9.59 Å². The first-order chi connectivity index (χ1) is 8.93. The van der Waals surface area contributed by atoms with Crippen molar-refractivity contribution in [2.24, 2.45) is 11.7 Å². The van der Waals surface area contributed by atoms with Gasteiger partial charge in [-0.3, -0.25) is 9.59 Å². The molecule has 1 saturated heterocycles. The van der Waals surface area contributed by atoms with E-state index in [1.165, 1.54) is 0 Å². The van der Waals surface area contributed by atoms with Crippen molar-refractivity contribution in [2.75, 3.05) is 53.4 Å². The average molecular weight is 270 g/mol. The summed E-state index contributed by atoms with van der Waals surface area (Å²) in [5, 5.41) is 0. The van der Waals surface area contributed by atoms with Crippen molar-refractivity contribution in [3.8, 4) is 0 Å². The highest BCUT2D eigenvalue weighted by Crippen LogP contribution is 2.08. The average Bonchev–Trinajstić information content (AvgIpc) is 2.37. The molecular formula is C13H26N4O2. The lowest BCUT2D eigenvalue weighted by molar-refractivity contribution is -0.140. The van der Waals surface area contributed by atoms with Gasteiger partial charge in [0.1, 0.15) is 0 Å². The molecule has 6 nitrogen and oxygen atoms in total. The molecule has 0 spiro atoms. The third-order valence-corrected chi connectivity index (χ3v) is 3.36. The van der Waals surface area contributed by atoms with Gasteiger partial charge in [-0.05, 0) is 26.6 Å². The van der Waals surface area contributed by atoms with E-state index < -0.39 is 0 Å². The van der Waals surface area contributed by atoms with Crippen molar-refractivity contribution in [1.82, 2.24) is 14.7 Å². The number of nitrogens with zero attached hydrogens (tertiary/aromatic N) is 3. The van der Waals surface area contributed by atoms with E-state index in [9.17, 15) is 9.59 Å². The predicted molar refractivity (Wildman–Crippen MR) is 74.5 cm³/mol. The molecule has 1 fully saturated rings. The summed E-state index contributed by atoms with van der Waals surface area (Å²) in [6.45, 7) is 5.48. The molecule has 1 aliphatic heterocycles. The van der Waals surface area contributed by atoms with Crippen LogP contribution in [-0.4, -0.2) is 79.9 Å². The number of rotatable bonds is 5. The molecule has 19 heavy (non-hydrogen) atoms. The zero-order valence-corrected chi connectivity index (χ0v) is 12.3. The molecule has 2 amide bonds. The first kappa shape index (κ1) is 15.9. The van der Waals surface area contributed by atoms with E-state index >= 15 is 0 Å². The summed E-state index contributed by atoms with van der Waals surface area (Å²) >= 11 is 0. The Balaban J connectivity index is 2.36. The summed E-state index contributed by atoms with van der Waals surface area (Å²) in [6.07, 6.45) is 0.502. The highest BCUT2D eigenvalue weighted by Gasteiger charge is 2.24. The molecule has 1 unspecified atom stereocenters. The van der Waals surface area contributed by atoms with Crippen molar-refractivity contribution < 1.29 is 9.59 Å². The monoisotopic (exact) mass is 270 g/mol. The molecule has 1 aliphatic rings. The maximum absolute atomic E-state index is 12.0. The first-order valence-electron chi connectivity index (χ1n) is 6.84. The number of carbonyl (C=O) groups is 2. The van der Waals surface area contributed by atoms with E-state index in [1.54, 1.807) is 0 Å². The molecule has 2 N–H and O–H groups in total. The zero-order chi connectivity index (χ0) is 14.4. The summed E-state index contributed by atoms with van der Waals surface area (Å²) < 4.78 is 0. The van der Waals surface area contributed by atoms with E-state index in [1.807, 2.05) is 35.7 Å². The second-order valence-corrected chi connectivity index (χ2v) is 5.54. The maximum atomic E-state index is 12.0. The van der Waals surface area contributed by atoms with Gasteiger partial charge in [-0.15, -0.1) is 0 Å². The Morgan fingerprint density at radius 2 is 1.58 bits per heavy atom. The van der Waals surface area contributed by atoms with Gasteiger partial charge in [0.05, 0.1) is 6.54 Å². The Labute approximate surface area is 115 Å². The van der Waals surface area contributed by atoms with Gasteiger partial charge in [-0.25, -0.2) is 0 Å². The number of nitrogens with two attached hydrogens (primary N) is 1. The maximum Gasteiger partial charge on any atom is 0.236 e. The lowest BCUT2D eigenvalue weighted by Crippen LogP contribution is -2.52. The van der Waals surface area contributed by atoms with Crippen molar-refractivity contribution in [1.29, 1.82) is 0 Å². The molecule has 110 valence electrons. The SMILES string of the molecule is CC(CN)CC(=O)N1CCN(C(=O)CN(C)C)CC1. The minimum Gasteiger partial charge on any atom is -0.339 e. The number of amides is 2. The second-order valence-electron chi connectivity index (χ2n) is 5.54. The van der Waals surface area contributed by atoms with Crippen LogP contribution in [0.4, 0.5) is 0 Å². The van der Waals surface area contributed by atoms with Crippen LogP contribution in [0.2, 0.25) is 0 Å². The number of likely N-dealkylation sites (N-methyl/N-ethyl adjacent to an activating group) is 1. The summed E-state index contributed by atoms with van der Waals surface area (Å²) in [7, 11) is 3.76. The highest BCUT2D eigenvalue weighted by atomic mass is 16.2. The molecular weight excluding hydrogens is 244 g/mol. The fourth-order valence-corrected chi connectivity index (χ4v) is 2.09. The largest absolute Gasteiger partial charge is 0.339 e. The van der Waals surface area contributed by atoms with Gasteiger partial charge in [0.15, 0.2) is 0 Å². The molecule has 0 radical (unpaired) electrons. The minimum atomic E-state index is 0.132. The standard InChI is InChI=1S/C13H26N4O2/c1-11(9-14)8-12(18)16-4-6-17(7-5-16)13(19)10-15(2)3/h11H,4-10,14H2,1-3H3. The Bertz CT molecular complexity index is 312. The van der Waals surface area contributed by atoms with Crippen molar-refractivity contribution in [2.45, 2.75) is 13.3 Å². The lowest BCUT2D eigenvalue weighted by atomic mass is 10.1. The third kappa shape index (κ3) is 5.16. The van der Waals surface area contributed by atoms with Crippen LogP contribution in [0, 0.1) is 5.92 Å². The topological polar surface area (TPSA) is 69.9 Å². The Morgan fingerprint density at radius 1 is 1.11 bits per heavy atom. The van der Waals surface area contributed by atoms with E-state index in [0.717, 1.165) is 0 Å². The van der Waals surface area contributed by atoms with Crippen LogP contribution in [0.5, 0.6) is 0 Å². The van der Waals surface area contributed by atoms with Gasteiger partial charge in [0.2, 0.25) is 11.8 Å². The zero-order valence-electron chi connectivity index (χ0n) is 12.3. The third-order valence-electron chi connectivity index (χ3n) is 3.36. The van der Waals surface area contributed by atoms with E-state index in [0.29, 0.717) is 45.7 Å². The molecule has 0 aromatic heterocycles. The van der Waals surface area contributed by atoms with Gasteiger partial charge in [0.25, 0.3) is 0 Å². The molecule has 0 aromatic carbocycles. The molecule has 0 aliphatic carbocycles. The summed E-state index contributed by atoms with van der Waals surface area (Å²) in [4.78, 5) is 29.4. The van der Waals surface area contributed by atoms with Crippen LogP contribution in [0.3, 0.4) is 0 Å². The normalized spacial score (nSPS) is 17.7. The Hall–Kier alpha value is -1.14. The number of piperazine rings is 1. The number of hydrogen-bond donors (Lipinski definition) is 1. The van der Waals surface area contributed by atoms with Crippen LogP contribution in [0.15, 0.2) is 0 Å². The minimum absolute atomic E-state index is 0.132. The van der Waals surface area contributed by atoms with Crippen LogP contribution >= 0.6 is 0 Å². The second kappa shape index (κ2) is 7.45. The number of hydrogen-bond acceptors (Lipinski definition) is 4. The molecule has 1 atom stereocenters. The van der Waals surface area contributed by atoms with E-state index in [2.05, 4.69) is 0 Å². The Morgan fingerprint density at radius 3 is 2.00 bits per heavy atom. The highest BCUT2D eigenvalue weighted by molar-refractivity contribution is 5.79. The molecule has 6 heteroatoms. The van der Waals surface area contributed by atoms with Gasteiger partial charge in [0, 0.05) is 32.6 Å². The van der Waals surface area contributed by atoms with E-state index in [-0.39, 0.29) is 17.7 Å². The molecule has 0 bridgehead atoms. The van der Waals surface area contributed by atoms with E-state index in [4.69, 9.17) is 5.73 Å². The molecule has 1 heterocycles. The predicted octanol–water partition coefficient (Wildman–Crippen LogP) is -0.796. The molecule has 1 rings (SSSR count). The van der Waals surface area contributed by atoms with Crippen LogP contribution in [0.25, 0.3) is 0 Å². The van der Waals surface area contributed by atoms with Gasteiger partial charge in [-0.2, -0.15) is 0 Å². The van der Waals surface area contributed by atoms with Gasteiger partial charge in [-0.1, -0.05) is 6.92 Å². The first-order valence-corrected chi connectivity index (χ1v) is 6.84. The summed E-state index contributed by atoms with van der Waals surface area (Å²) in [6, 6.07) is 0.